The molecular weight excluding hydrogens is 332 g/mol. The Morgan fingerprint density at radius 1 is 0.762 bits per heavy atom. The summed E-state index contributed by atoms with van der Waals surface area (Å²) in [7, 11) is 1.71. The molecule has 0 amide bonds. The minimum Gasteiger partial charge on any atom is -0.490 e. The van der Waals surface area contributed by atoms with Gasteiger partial charge in [-0.25, -0.2) is 0 Å². The van der Waals surface area contributed by atoms with E-state index in [1.807, 2.05) is 36.4 Å². The number of benzene rings is 2. The molecule has 0 radical (unpaired) electrons. The lowest BCUT2D eigenvalue weighted by Crippen LogP contribution is -2.08. The van der Waals surface area contributed by atoms with Crippen LogP contribution in [-0.4, -0.2) is 26.9 Å². The van der Waals surface area contributed by atoms with E-state index in [0.29, 0.717) is 13.2 Å². The second kappa shape index (κ2) is 8.70. The maximum absolute atomic E-state index is 5.65. The summed E-state index contributed by atoms with van der Waals surface area (Å²) in [6.45, 7) is 1.78. The van der Waals surface area contributed by atoms with Gasteiger partial charge in [0.05, 0.1) is 6.61 Å². The molecule has 0 aliphatic rings. The molecule has 0 atom stereocenters. The maximum atomic E-state index is 5.65. The summed E-state index contributed by atoms with van der Waals surface area (Å²) < 4.78 is 17.3. The normalized spacial score (nSPS) is 10.4. The van der Waals surface area contributed by atoms with Crippen LogP contribution < -0.4 is 9.47 Å². The van der Waals surface area contributed by atoms with Crippen molar-refractivity contribution in [2.24, 2.45) is 0 Å². The van der Waals surface area contributed by atoms with Gasteiger partial charge in [-0.3, -0.25) is 0 Å². The van der Waals surface area contributed by atoms with Crippen molar-refractivity contribution in [1.82, 2.24) is 0 Å². The first kappa shape index (κ1) is 15.9. The van der Waals surface area contributed by atoms with Crippen molar-refractivity contribution < 1.29 is 14.2 Å². The molecule has 0 saturated heterocycles. The second-order valence-electron chi connectivity index (χ2n) is 4.54. The topological polar surface area (TPSA) is 27.7 Å². The van der Waals surface area contributed by atoms with E-state index in [1.54, 1.807) is 7.11 Å². The Morgan fingerprint density at radius 2 is 1.29 bits per heavy atom. The minimum atomic E-state index is 0.521. The summed E-state index contributed by atoms with van der Waals surface area (Å²) in [5.41, 5.74) is 1.25. The van der Waals surface area contributed by atoms with Gasteiger partial charge in [-0.05, 0) is 48.4 Å². The quantitative estimate of drug-likeness (QED) is 0.671. The number of halogens is 1. The van der Waals surface area contributed by atoms with Crippen LogP contribution in [0.5, 0.6) is 11.5 Å². The van der Waals surface area contributed by atoms with Crippen molar-refractivity contribution in [3.05, 3.63) is 58.6 Å². The molecular formula is C17H19BrO3. The second-order valence-corrected chi connectivity index (χ2v) is 5.45. The number of methoxy groups -OCH3 is 1. The molecule has 0 aliphatic heterocycles. The van der Waals surface area contributed by atoms with Crippen LogP contribution in [0.25, 0.3) is 0 Å². The van der Waals surface area contributed by atoms with Gasteiger partial charge in [-0.2, -0.15) is 0 Å². The zero-order valence-corrected chi connectivity index (χ0v) is 13.6. The van der Waals surface area contributed by atoms with Crippen LogP contribution in [0.4, 0.5) is 0 Å². The molecule has 2 aromatic rings. The van der Waals surface area contributed by atoms with E-state index in [1.165, 1.54) is 5.56 Å². The Bertz CT molecular complexity index is 523. The van der Waals surface area contributed by atoms with E-state index in [-0.39, 0.29) is 0 Å². The molecule has 0 saturated carbocycles. The van der Waals surface area contributed by atoms with Crippen LogP contribution in [-0.2, 0) is 11.2 Å². The van der Waals surface area contributed by atoms with E-state index < -0.39 is 0 Å². The highest BCUT2D eigenvalue weighted by Gasteiger charge is 1.97. The van der Waals surface area contributed by atoms with Crippen molar-refractivity contribution in [3.8, 4) is 11.5 Å². The lowest BCUT2D eigenvalue weighted by molar-refractivity contribution is 0.202. The molecule has 112 valence electrons. The van der Waals surface area contributed by atoms with Crippen LogP contribution in [0.15, 0.2) is 53.0 Å². The molecule has 0 N–H and O–H groups in total. The highest BCUT2D eigenvalue weighted by atomic mass is 79.9. The number of hydrogen-bond donors (Lipinski definition) is 0. The predicted octanol–water partition coefficient (Wildman–Crippen LogP) is 4.10. The fourth-order valence-electron chi connectivity index (χ4n) is 1.82. The van der Waals surface area contributed by atoms with Gasteiger partial charge < -0.3 is 14.2 Å². The summed E-state index contributed by atoms with van der Waals surface area (Å²) in [6, 6.07) is 15.8. The Labute approximate surface area is 134 Å². The van der Waals surface area contributed by atoms with Crippen molar-refractivity contribution in [3.63, 3.8) is 0 Å². The van der Waals surface area contributed by atoms with E-state index in [0.717, 1.165) is 29.0 Å². The van der Waals surface area contributed by atoms with Gasteiger partial charge in [-0.15, -0.1) is 0 Å². The molecule has 0 aromatic heterocycles. The van der Waals surface area contributed by atoms with Crippen LogP contribution >= 0.6 is 15.9 Å². The van der Waals surface area contributed by atoms with Gasteiger partial charge in [0.25, 0.3) is 0 Å². The van der Waals surface area contributed by atoms with Gasteiger partial charge in [0, 0.05) is 11.6 Å². The number of rotatable bonds is 8. The average molecular weight is 351 g/mol. The predicted molar refractivity (Wildman–Crippen MR) is 87.2 cm³/mol. The van der Waals surface area contributed by atoms with Crippen molar-refractivity contribution in [2.75, 3.05) is 26.9 Å². The minimum absolute atomic E-state index is 0.521. The van der Waals surface area contributed by atoms with Crippen LogP contribution in [0, 0.1) is 0 Å². The Balaban J connectivity index is 1.69. The molecule has 0 unspecified atom stereocenters. The molecule has 0 fully saturated rings. The van der Waals surface area contributed by atoms with E-state index in [9.17, 15) is 0 Å². The van der Waals surface area contributed by atoms with Crippen LogP contribution in [0.2, 0.25) is 0 Å². The third-order valence-electron chi connectivity index (χ3n) is 2.95. The zero-order chi connectivity index (χ0) is 14.9. The Kier molecular flexibility index (Phi) is 6.57. The third-order valence-corrected chi connectivity index (χ3v) is 3.48. The summed E-state index contributed by atoms with van der Waals surface area (Å²) >= 11 is 3.39. The lowest BCUT2D eigenvalue weighted by Gasteiger charge is -2.09. The SMILES string of the molecule is COCCc1ccc(OCCOc2ccc(Br)cc2)cc1. The van der Waals surface area contributed by atoms with Gasteiger partial charge >= 0.3 is 0 Å². The monoisotopic (exact) mass is 350 g/mol. The summed E-state index contributed by atoms with van der Waals surface area (Å²) in [5, 5.41) is 0. The molecule has 3 nitrogen and oxygen atoms in total. The zero-order valence-electron chi connectivity index (χ0n) is 12.0. The summed E-state index contributed by atoms with van der Waals surface area (Å²) in [6.07, 6.45) is 0.920. The van der Waals surface area contributed by atoms with Gasteiger partial charge in [0.2, 0.25) is 0 Å². The first-order valence-electron chi connectivity index (χ1n) is 6.87. The molecule has 0 heterocycles. The molecule has 4 heteroatoms. The lowest BCUT2D eigenvalue weighted by atomic mass is 10.1. The van der Waals surface area contributed by atoms with Crippen LogP contribution in [0.1, 0.15) is 5.56 Å². The Morgan fingerprint density at radius 3 is 1.81 bits per heavy atom. The van der Waals surface area contributed by atoms with E-state index in [2.05, 4.69) is 28.1 Å². The fourth-order valence-corrected chi connectivity index (χ4v) is 2.09. The molecule has 21 heavy (non-hydrogen) atoms. The van der Waals surface area contributed by atoms with Gasteiger partial charge in [0.1, 0.15) is 24.7 Å². The average Bonchev–Trinajstić information content (AvgIpc) is 2.52. The fraction of sp³-hybridized carbons (Fsp3) is 0.294. The molecule has 0 aliphatic carbocycles. The smallest absolute Gasteiger partial charge is 0.122 e. The van der Waals surface area contributed by atoms with Crippen molar-refractivity contribution >= 4 is 15.9 Å². The van der Waals surface area contributed by atoms with E-state index in [4.69, 9.17) is 14.2 Å². The molecule has 0 bridgehead atoms. The van der Waals surface area contributed by atoms with E-state index >= 15 is 0 Å². The first-order valence-corrected chi connectivity index (χ1v) is 7.66. The van der Waals surface area contributed by atoms with Crippen molar-refractivity contribution in [1.29, 1.82) is 0 Å². The van der Waals surface area contributed by atoms with Gasteiger partial charge in [0.15, 0.2) is 0 Å². The number of hydrogen-bond acceptors (Lipinski definition) is 3. The van der Waals surface area contributed by atoms with Crippen LogP contribution in [0.3, 0.4) is 0 Å². The standard InChI is InChI=1S/C17H19BrO3/c1-19-11-10-14-2-6-16(7-3-14)20-12-13-21-17-8-4-15(18)5-9-17/h2-9H,10-13H2,1H3. The largest absolute Gasteiger partial charge is 0.490 e. The molecule has 2 aromatic carbocycles. The highest BCUT2D eigenvalue weighted by Crippen LogP contribution is 2.16. The van der Waals surface area contributed by atoms with Crippen molar-refractivity contribution in [2.45, 2.75) is 6.42 Å². The molecule has 2 rings (SSSR count). The first-order chi connectivity index (χ1) is 10.3. The van der Waals surface area contributed by atoms with Gasteiger partial charge in [-0.1, -0.05) is 28.1 Å². The third kappa shape index (κ3) is 5.78. The summed E-state index contributed by atoms with van der Waals surface area (Å²) in [5.74, 6) is 1.70. The maximum Gasteiger partial charge on any atom is 0.122 e. The summed E-state index contributed by atoms with van der Waals surface area (Å²) in [4.78, 5) is 0. The number of ether oxygens (including phenoxy) is 3. The molecule has 0 spiro atoms. The Hall–Kier alpha value is -1.52. The highest BCUT2D eigenvalue weighted by molar-refractivity contribution is 9.10.